The molecule has 0 fully saturated rings. The zero-order chi connectivity index (χ0) is 17.9. The Labute approximate surface area is 151 Å². The van der Waals surface area contributed by atoms with Crippen LogP contribution in [0.4, 0.5) is 0 Å². The van der Waals surface area contributed by atoms with Crippen molar-refractivity contribution in [2.75, 3.05) is 14.2 Å². The molecule has 0 bridgehead atoms. The molecular formula is C20H18N4O2. The molecule has 6 nitrogen and oxygen atoms in total. The van der Waals surface area contributed by atoms with Gasteiger partial charge in [0, 0.05) is 18.0 Å². The van der Waals surface area contributed by atoms with E-state index in [1.807, 2.05) is 82.3 Å². The van der Waals surface area contributed by atoms with Gasteiger partial charge in [-0.05, 0) is 42.5 Å². The van der Waals surface area contributed by atoms with Gasteiger partial charge >= 0.3 is 0 Å². The SMILES string of the molecule is COc1ccc(-c2nnn(-c3ccccc3)c2-n2cccc2)cc1OC. The van der Waals surface area contributed by atoms with Crippen molar-refractivity contribution >= 4 is 0 Å². The second-order valence-corrected chi connectivity index (χ2v) is 5.67. The zero-order valence-electron chi connectivity index (χ0n) is 14.5. The van der Waals surface area contributed by atoms with Crippen LogP contribution in [0.3, 0.4) is 0 Å². The predicted octanol–water partition coefficient (Wildman–Crippen LogP) is 3.74. The maximum atomic E-state index is 5.43. The molecule has 0 aliphatic carbocycles. The van der Waals surface area contributed by atoms with E-state index in [1.165, 1.54) is 0 Å². The number of aromatic nitrogens is 4. The normalized spacial score (nSPS) is 10.7. The summed E-state index contributed by atoms with van der Waals surface area (Å²) in [4.78, 5) is 0. The number of ether oxygens (including phenoxy) is 2. The van der Waals surface area contributed by atoms with Crippen LogP contribution >= 0.6 is 0 Å². The molecule has 0 unspecified atom stereocenters. The van der Waals surface area contributed by atoms with Gasteiger partial charge in [0.1, 0.15) is 5.69 Å². The summed E-state index contributed by atoms with van der Waals surface area (Å²) in [6, 6.07) is 19.6. The number of benzene rings is 2. The summed E-state index contributed by atoms with van der Waals surface area (Å²) in [7, 11) is 3.24. The summed E-state index contributed by atoms with van der Waals surface area (Å²) in [6.45, 7) is 0. The number of nitrogens with zero attached hydrogens (tertiary/aromatic N) is 4. The van der Waals surface area contributed by atoms with Crippen molar-refractivity contribution in [2.45, 2.75) is 0 Å². The van der Waals surface area contributed by atoms with Crippen molar-refractivity contribution in [1.29, 1.82) is 0 Å². The summed E-state index contributed by atoms with van der Waals surface area (Å²) >= 11 is 0. The first kappa shape index (κ1) is 16.0. The van der Waals surface area contributed by atoms with E-state index in [9.17, 15) is 0 Å². The Kier molecular flexibility index (Phi) is 4.15. The molecule has 2 heterocycles. The third-order valence-corrected chi connectivity index (χ3v) is 4.15. The smallest absolute Gasteiger partial charge is 0.169 e. The second-order valence-electron chi connectivity index (χ2n) is 5.67. The molecule has 0 saturated heterocycles. The largest absolute Gasteiger partial charge is 0.493 e. The number of methoxy groups -OCH3 is 2. The number of rotatable bonds is 5. The van der Waals surface area contributed by atoms with Crippen molar-refractivity contribution in [1.82, 2.24) is 19.6 Å². The molecule has 6 heteroatoms. The van der Waals surface area contributed by atoms with E-state index >= 15 is 0 Å². The van der Waals surface area contributed by atoms with Crippen molar-refractivity contribution in [2.24, 2.45) is 0 Å². The number of para-hydroxylation sites is 1. The van der Waals surface area contributed by atoms with Crippen LogP contribution in [0.2, 0.25) is 0 Å². The molecule has 0 atom stereocenters. The Bertz CT molecular complexity index is 1010. The molecule has 2 aromatic carbocycles. The van der Waals surface area contributed by atoms with Crippen LogP contribution < -0.4 is 9.47 Å². The minimum atomic E-state index is 0.651. The van der Waals surface area contributed by atoms with Gasteiger partial charge in [-0.15, -0.1) is 5.10 Å². The Morgan fingerprint density at radius 3 is 2.23 bits per heavy atom. The Morgan fingerprint density at radius 2 is 1.54 bits per heavy atom. The minimum absolute atomic E-state index is 0.651. The van der Waals surface area contributed by atoms with E-state index in [0.717, 1.165) is 22.8 Å². The molecule has 0 aliphatic heterocycles. The molecule has 0 radical (unpaired) electrons. The Balaban J connectivity index is 1.92. The van der Waals surface area contributed by atoms with Gasteiger partial charge < -0.3 is 14.0 Å². The molecule has 0 saturated carbocycles. The lowest BCUT2D eigenvalue weighted by Crippen LogP contribution is -2.04. The van der Waals surface area contributed by atoms with Gasteiger partial charge in [0.15, 0.2) is 17.3 Å². The highest BCUT2D eigenvalue weighted by atomic mass is 16.5. The molecule has 26 heavy (non-hydrogen) atoms. The summed E-state index contributed by atoms with van der Waals surface area (Å²) in [5.74, 6) is 2.18. The van der Waals surface area contributed by atoms with E-state index < -0.39 is 0 Å². The quantitative estimate of drug-likeness (QED) is 0.552. The summed E-state index contributed by atoms with van der Waals surface area (Å²) in [5, 5.41) is 8.84. The second kappa shape index (κ2) is 6.76. The molecule has 0 N–H and O–H groups in total. The average Bonchev–Trinajstić information content (AvgIpc) is 3.37. The molecule has 0 amide bonds. The van der Waals surface area contributed by atoms with E-state index in [-0.39, 0.29) is 0 Å². The molecular weight excluding hydrogens is 328 g/mol. The first-order valence-electron chi connectivity index (χ1n) is 8.18. The van der Waals surface area contributed by atoms with Crippen LogP contribution in [0.25, 0.3) is 22.8 Å². The van der Waals surface area contributed by atoms with Gasteiger partial charge in [0.05, 0.1) is 19.9 Å². The fourth-order valence-electron chi connectivity index (χ4n) is 2.90. The van der Waals surface area contributed by atoms with E-state index in [2.05, 4.69) is 10.3 Å². The van der Waals surface area contributed by atoms with Crippen LogP contribution in [0.5, 0.6) is 11.5 Å². The van der Waals surface area contributed by atoms with E-state index in [0.29, 0.717) is 11.5 Å². The van der Waals surface area contributed by atoms with Crippen molar-refractivity contribution in [3.05, 3.63) is 73.1 Å². The fourth-order valence-corrected chi connectivity index (χ4v) is 2.90. The summed E-state index contributed by atoms with van der Waals surface area (Å²) in [6.07, 6.45) is 3.95. The molecule has 0 spiro atoms. The van der Waals surface area contributed by atoms with Gasteiger partial charge in [-0.1, -0.05) is 23.4 Å². The highest BCUT2D eigenvalue weighted by Gasteiger charge is 2.18. The first-order chi connectivity index (χ1) is 12.8. The van der Waals surface area contributed by atoms with E-state index in [4.69, 9.17) is 9.47 Å². The lowest BCUT2D eigenvalue weighted by molar-refractivity contribution is 0.355. The molecule has 0 aliphatic rings. The third-order valence-electron chi connectivity index (χ3n) is 4.15. The highest BCUT2D eigenvalue weighted by molar-refractivity contribution is 5.70. The topological polar surface area (TPSA) is 54.1 Å². The minimum Gasteiger partial charge on any atom is -0.493 e. The average molecular weight is 346 g/mol. The molecule has 4 rings (SSSR count). The van der Waals surface area contributed by atoms with Crippen molar-refractivity contribution < 1.29 is 9.47 Å². The first-order valence-corrected chi connectivity index (χ1v) is 8.18. The maximum absolute atomic E-state index is 5.43. The van der Waals surface area contributed by atoms with Gasteiger partial charge in [-0.3, -0.25) is 0 Å². The van der Waals surface area contributed by atoms with Gasteiger partial charge in [-0.2, -0.15) is 4.68 Å². The predicted molar refractivity (Wildman–Crippen MR) is 99.2 cm³/mol. The fraction of sp³-hybridized carbons (Fsp3) is 0.100. The number of hydrogen-bond donors (Lipinski definition) is 0. The van der Waals surface area contributed by atoms with Crippen LogP contribution in [0.1, 0.15) is 0 Å². The Morgan fingerprint density at radius 1 is 0.808 bits per heavy atom. The molecule has 2 aromatic heterocycles. The lowest BCUT2D eigenvalue weighted by Gasteiger charge is -2.11. The zero-order valence-corrected chi connectivity index (χ0v) is 14.5. The summed E-state index contributed by atoms with van der Waals surface area (Å²) < 4.78 is 14.6. The summed E-state index contributed by atoms with van der Waals surface area (Å²) in [5.41, 5.74) is 2.59. The van der Waals surface area contributed by atoms with Crippen molar-refractivity contribution in [3.63, 3.8) is 0 Å². The van der Waals surface area contributed by atoms with Gasteiger partial charge in [-0.25, -0.2) is 0 Å². The van der Waals surface area contributed by atoms with Crippen LogP contribution in [0.15, 0.2) is 73.1 Å². The van der Waals surface area contributed by atoms with Crippen LogP contribution in [-0.4, -0.2) is 33.8 Å². The van der Waals surface area contributed by atoms with E-state index in [1.54, 1.807) is 14.2 Å². The third kappa shape index (κ3) is 2.71. The lowest BCUT2D eigenvalue weighted by atomic mass is 10.1. The maximum Gasteiger partial charge on any atom is 0.169 e. The number of hydrogen-bond acceptors (Lipinski definition) is 4. The Hall–Kier alpha value is -3.54. The van der Waals surface area contributed by atoms with Gasteiger partial charge in [0.2, 0.25) is 0 Å². The molecule has 4 aromatic rings. The van der Waals surface area contributed by atoms with Crippen LogP contribution in [0, 0.1) is 0 Å². The highest BCUT2D eigenvalue weighted by Crippen LogP contribution is 2.34. The van der Waals surface area contributed by atoms with Crippen molar-refractivity contribution in [3.8, 4) is 34.3 Å². The monoisotopic (exact) mass is 346 g/mol. The van der Waals surface area contributed by atoms with Gasteiger partial charge in [0.25, 0.3) is 0 Å². The molecule has 130 valence electrons. The van der Waals surface area contributed by atoms with Crippen LogP contribution in [-0.2, 0) is 0 Å². The standard InChI is InChI=1S/C20H18N4O2/c1-25-17-11-10-15(14-18(17)26-2)19-20(23-12-6-7-13-23)24(22-21-19)16-8-4-3-5-9-16/h3-14H,1-2H3.